The van der Waals surface area contributed by atoms with Crippen molar-refractivity contribution in [1.29, 1.82) is 0 Å². The summed E-state index contributed by atoms with van der Waals surface area (Å²) in [6, 6.07) is 11.4. The minimum atomic E-state index is -1.08. The second kappa shape index (κ2) is 9.28. The minimum absolute atomic E-state index is 0.00272. The lowest BCUT2D eigenvalue weighted by atomic mass is 10.1. The lowest BCUT2D eigenvalue weighted by Gasteiger charge is -2.14. The van der Waals surface area contributed by atoms with E-state index in [9.17, 15) is 13.6 Å². The molecule has 30 heavy (non-hydrogen) atoms. The molecule has 0 atom stereocenters. The molecule has 0 saturated heterocycles. The molecule has 0 unspecified atom stereocenters. The summed E-state index contributed by atoms with van der Waals surface area (Å²) in [5.41, 5.74) is 4.64. The predicted molar refractivity (Wildman–Crippen MR) is 111 cm³/mol. The summed E-state index contributed by atoms with van der Waals surface area (Å²) in [4.78, 5) is 16.4. The fourth-order valence-electron chi connectivity index (χ4n) is 2.66. The Bertz CT molecular complexity index is 1100. The van der Waals surface area contributed by atoms with E-state index in [2.05, 4.69) is 4.98 Å². The monoisotopic (exact) mass is 452 g/mol. The summed E-state index contributed by atoms with van der Waals surface area (Å²) in [7, 11) is 0. The van der Waals surface area contributed by atoms with E-state index in [0.29, 0.717) is 0 Å². The van der Waals surface area contributed by atoms with Crippen LogP contribution in [0.15, 0.2) is 42.5 Å². The molecule has 0 radical (unpaired) electrons. The lowest BCUT2D eigenvalue weighted by molar-refractivity contribution is 0.0466. The van der Waals surface area contributed by atoms with Crippen molar-refractivity contribution in [3.05, 3.63) is 75.4 Å². The fraction of sp³-hybridized carbons (Fsp3) is 0.143. The van der Waals surface area contributed by atoms with Crippen LogP contribution in [0, 0.1) is 11.6 Å². The molecular weight excluding hydrogens is 437 g/mol. The summed E-state index contributed by atoms with van der Waals surface area (Å²) < 4.78 is 40.1. The van der Waals surface area contributed by atoms with E-state index in [-0.39, 0.29) is 29.5 Å². The summed E-state index contributed by atoms with van der Waals surface area (Å²) >= 11 is 12.0. The molecule has 3 aromatic rings. The number of hydrogen-bond acceptors (Lipinski definition) is 5. The van der Waals surface area contributed by atoms with Crippen LogP contribution in [0.2, 0.25) is 10.0 Å². The van der Waals surface area contributed by atoms with E-state index < -0.39 is 39.7 Å². The molecule has 5 nitrogen and oxygen atoms in total. The van der Waals surface area contributed by atoms with E-state index in [0.717, 1.165) is 5.56 Å². The zero-order valence-corrected chi connectivity index (χ0v) is 17.2. The first kappa shape index (κ1) is 21.8. The Morgan fingerprint density at radius 2 is 1.80 bits per heavy atom. The van der Waals surface area contributed by atoms with E-state index in [1.807, 2.05) is 6.07 Å². The molecule has 156 valence electrons. The number of ether oxygens (including phenoxy) is 2. The number of carbonyl (C=O) groups is 1. The number of nitrogen functional groups attached to an aromatic ring is 1. The lowest BCUT2D eigenvalue weighted by Crippen LogP contribution is -2.12. The third-order valence-electron chi connectivity index (χ3n) is 4.11. The number of nitrogens with two attached hydrogens (primary N) is 1. The number of benzene rings is 2. The smallest absolute Gasteiger partial charge is 0.358 e. The van der Waals surface area contributed by atoms with Crippen molar-refractivity contribution in [2.45, 2.75) is 13.5 Å². The van der Waals surface area contributed by atoms with Gasteiger partial charge >= 0.3 is 5.97 Å². The van der Waals surface area contributed by atoms with Crippen LogP contribution < -0.4 is 10.5 Å². The zero-order chi connectivity index (χ0) is 21.8. The second-order valence-electron chi connectivity index (χ2n) is 6.08. The van der Waals surface area contributed by atoms with Gasteiger partial charge in [0.2, 0.25) is 0 Å². The molecule has 0 saturated carbocycles. The second-order valence-corrected chi connectivity index (χ2v) is 6.87. The van der Waals surface area contributed by atoms with Crippen LogP contribution in [0.25, 0.3) is 11.3 Å². The first-order valence-electron chi connectivity index (χ1n) is 8.81. The van der Waals surface area contributed by atoms with Crippen molar-refractivity contribution in [1.82, 2.24) is 4.98 Å². The quantitative estimate of drug-likeness (QED) is 0.487. The number of carbonyl (C=O) groups excluding carboxylic acids is 1. The van der Waals surface area contributed by atoms with Gasteiger partial charge in [0.05, 0.1) is 22.3 Å². The molecular formula is C21H16Cl2F2N2O3. The summed E-state index contributed by atoms with van der Waals surface area (Å²) in [6.07, 6.45) is 0. The van der Waals surface area contributed by atoms with Crippen molar-refractivity contribution >= 4 is 34.9 Å². The fourth-order valence-corrected chi connectivity index (χ4v) is 3.06. The molecule has 0 fully saturated rings. The van der Waals surface area contributed by atoms with Gasteiger partial charge in [0, 0.05) is 5.56 Å². The molecule has 0 bridgehead atoms. The number of nitrogens with zero attached hydrogens (tertiary/aromatic N) is 1. The summed E-state index contributed by atoms with van der Waals surface area (Å²) in [5, 5.41) is -0.420. The average molecular weight is 453 g/mol. The van der Waals surface area contributed by atoms with Crippen molar-refractivity contribution in [3.63, 3.8) is 0 Å². The molecule has 3 rings (SSSR count). The van der Waals surface area contributed by atoms with Crippen molar-refractivity contribution < 1.29 is 23.0 Å². The third-order valence-corrected chi connectivity index (χ3v) is 4.79. The highest BCUT2D eigenvalue weighted by Crippen LogP contribution is 2.38. The molecule has 1 heterocycles. The Morgan fingerprint density at radius 1 is 1.10 bits per heavy atom. The minimum Gasteiger partial charge on any atom is -0.489 e. The first-order valence-corrected chi connectivity index (χ1v) is 9.57. The number of aromatic nitrogens is 1. The SMILES string of the molecule is CCOc1c(Cl)ccc(-c2nc(C(=O)OCc3ccccc3)c(Cl)c(N)c2F)c1F. The molecule has 0 aliphatic heterocycles. The normalized spacial score (nSPS) is 10.7. The molecule has 9 heteroatoms. The highest BCUT2D eigenvalue weighted by Gasteiger charge is 2.26. The number of esters is 1. The standard InChI is InChI=1S/C21H16Cl2F2N2O3/c1-2-29-20-13(22)9-8-12(15(20)24)18-16(25)17(26)14(23)19(27-18)21(28)30-10-11-6-4-3-5-7-11/h3-9H,2,10H2,1H3,(H2,26,27). The molecule has 2 N–H and O–H groups in total. The van der Waals surface area contributed by atoms with Gasteiger partial charge in [-0.1, -0.05) is 53.5 Å². The molecule has 1 aromatic heterocycles. The number of rotatable bonds is 6. The van der Waals surface area contributed by atoms with E-state index in [1.165, 1.54) is 12.1 Å². The van der Waals surface area contributed by atoms with Gasteiger partial charge in [0.1, 0.15) is 12.3 Å². The maximum Gasteiger partial charge on any atom is 0.358 e. The van der Waals surface area contributed by atoms with Crippen molar-refractivity contribution in [2.24, 2.45) is 0 Å². The Labute approximate surface area is 181 Å². The maximum atomic E-state index is 14.9. The first-order chi connectivity index (χ1) is 14.3. The van der Waals surface area contributed by atoms with Gasteiger partial charge in [0.15, 0.2) is 23.1 Å². The Kier molecular flexibility index (Phi) is 6.74. The van der Waals surface area contributed by atoms with E-state index in [1.54, 1.807) is 31.2 Å². The Morgan fingerprint density at radius 3 is 2.47 bits per heavy atom. The topological polar surface area (TPSA) is 74.4 Å². The van der Waals surface area contributed by atoms with Crippen LogP contribution in [-0.4, -0.2) is 17.6 Å². The van der Waals surface area contributed by atoms with Crippen LogP contribution in [0.5, 0.6) is 5.75 Å². The molecule has 0 amide bonds. The van der Waals surface area contributed by atoms with Crippen LogP contribution >= 0.6 is 23.2 Å². The molecule has 2 aromatic carbocycles. The third kappa shape index (κ3) is 4.32. The number of hydrogen-bond donors (Lipinski definition) is 1. The molecule has 0 aliphatic carbocycles. The van der Waals surface area contributed by atoms with Crippen LogP contribution in [0.4, 0.5) is 14.5 Å². The summed E-state index contributed by atoms with van der Waals surface area (Å²) in [6.45, 7) is 1.71. The maximum absolute atomic E-state index is 14.9. The molecule has 0 aliphatic rings. The number of halogens is 4. The Balaban J connectivity index is 2.02. The highest BCUT2D eigenvalue weighted by molar-refractivity contribution is 6.36. The van der Waals surface area contributed by atoms with Gasteiger partial charge in [-0.25, -0.2) is 18.6 Å². The van der Waals surface area contributed by atoms with Gasteiger partial charge in [-0.15, -0.1) is 0 Å². The van der Waals surface area contributed by atoms with Crippen LogP contribution in [0.3, 0.4) is 0 Å². The average Bonchev–Trinajstić information content (AvgIpc) is 2.75. The number of anilines is 1. The molecule has 0 spiro atoms. The predicted octanol–water partition coefficient (Wildman–Crippen LogP) is 5.67. The largest absolute Gasteiger partial charge is 0.489 e. The van der Waals surface area contributed by atoms with Crippen LogP contribution in [0.1, 0.15) is 23.0 Å². The van der Waals surface area contributed by atoms with Crippen molar-refractivity contribution in [3.8, 4) is 17.0 Å². The Hall–Kier alpha value is -2.90. The highest BCUT2D eigenvalue weighted by atomic mass is 35.5. The van der Waals surface area contributed by atoms with E-state index in [4.69, 9.17) is 38.4 Å². The van der Waals surface area contributed by atoms with Crippen molar-refractivity contribution in [2.75, 3.05) is 12.3 Å². The zero-order valence-electron chi connectivity index (χ0n) is 15.7. The van der Waals surface area contributed by atoms with Gasteiger partial charge in [0.25, 0.3) is 0 Å². The number of pyridine rings is 1. The van der Waals surface area contributed by atoms with Gasteiger partial charge in [-0.3, -0.25) is 0 Å². The van der Waals surface area contributed by atoms with Gasteiger partial charge in [-0.05, 0) is 24.6 Å². The summed E-state index contributed by atoms with van der Waals surface area (Å²) in [5.74, 6) is -3.22. The van der Waals surface area contributed by atoms with Crippen LogP contribution in [-0.2, 0) is 11.3 Å². The van der Waals surface area contributed by atoms with Gasteiger partial charge in [-0.2, -0.15) is 0 Å². The van der Waals surface area contributed by atoms with E-state index >= 15 is 0 Å². The van der Waals surface area contributed by atoms with Gasteiger partial charge < -0.3 is 15.2 Å².